The zero-order chi connectivity index (χ0) is 17.3. The number of benzene rings is 1. The number of ether oxygens (including phenoxy) is 3. The largest absolute Gasteiger partial charge is 0.454 e. The Labute approximate surface area is 140 Å². The average Bonchev–Trinajstić information content (AvgIpc) is 3.15. The van der Waals surface area contributed by atoms with Crippen LogP contribution in [0, 0.1) is 5.92 Å². The Morgan fingerprint density at radius 2 is 2.00 bits per heavy atom. The molecule has 2 aliphatic rings. The monoisotopic (exact) mass is 356 g/mol. The van der Waals surface area contributed by atoms with Crippen LogP contribution in [0.25, 0.3) is 0 Å². The Kier molecular flexibility index (Phi) is 4.66. The van der Waals surface area contributed by atoms with Gasteiger partial charge in [-0.05, 0) is 18.2 Å². The van der Waals surface area contributed by atoms with Gasteiger partial charge in [-0.2, -0.15) is 0 Å². The molecule has 0 unspecified atom stereocenters. The quantitative estimate of drug-likeness (QED) is 0.801. The minimum absolute atomic E-state index is 0.0634. The number of carbonyl (C=O) groups excluding carboxylic acids is 1. The number of fused-ring (bicyclic) bond motifs is 1. The lowest BCUT2D eigenvalue weighted by atomic mass is 10.1. The van der Waals surface area contributed by atoms with Crippen LogP contribution < -0.4 is 14.8 Å². The molecule has 0 radical (unpaired) electrons. The summed E-state index contributed by atoms with van der Waals surface area (Å²) < 4.78 is 41.1. The number of nitrogens with zero attached hydrogens (tertiary/aromatic N) is 1. The molecule has 0 aliphatic carbocycles. The summed E-state index contributed by atoms with van der Waals surface area (Å²) in [5.74, 6) is 0.487. The summed E-state index contributed by atoms with van der Waals surface area (Å²) in [5.41, 5.74) is 0.431. The molecule has 9 heteroatoms. The second kappa shape index (κ2) is 6.58. The van der Waals surface area contributed by atoms with Gasteiger partial charge in [0.15, 0.2) is 11.5 Å². The summed E-state index contributed by atoms with van der Waals surface area (Å²) >= 11 is 0. The second-order valence-corrected chi connectivity index (χ2v) is 8.23. The second-order valence-electron chi connectivity index (χ2n) is 6.01. The summed E-state index contributed by atoms with van der Waals surface area (Å²) in [6, 6.07) is 4.58. The maximum atomic E-state index is 12.4. The fraction of sp³-hybridized carbons (Fsp3) is 0.533. The van der Waals surface area contributed by atoms with Crippen LogP contribution in [0.3, 0.4) is 0 Å². The maximum absolute atomic E-state index is 12.4. The van der Waals surface area contributed by atoms with Crippen LogP contribution in [0.15, 0.2) is 18.2 Å². The third-order valence-corrected chi connectivity index (χ3v) is 6.09. The van der Waals surface area contributed by atoms with Crippen molar-refractivity contribution in [2.75, 3.05) is 39.9 Å². The fourth-order valence-corrected chi connectivity index (χ4v) is 3.80. The third kappa shape index (κ3) is 3.47. The Balaban J connectivity index is 1.67. The summed E-state index contributed by atoms with van der Waals surface area (Å²) in [6.45, 7) is 0.740. The lowest BCUT2D eigenvalue weighted by Crippen LogP contribution is -2.43. The zero-order valence-electron chi connectivity index (χ0n) is 13.5. The van der Waals surface area contributed by atoms with E-state index in [2.05, 4.69) is 5.32 Å². The number of rotatable bonds is 5. The molecule has 2 aliphatic heterocycles. The zero-order valence-corrected chi connectivity index (χ0v) is 14.3. The Morgan fingerprint density at radius 3 is 2.75 bits per heavy atom. The van der Waals surface area contributed by atoms with Crippen LogP contribution in [-0.4, -0.2) is 64.5 Å². The normalized spacial score (nSPS) is 22.8. The van der Waals surface area contributed by atoms with Crippen molar-refractivity contribution in [3.8, 4) is 11.5 Å². The van der Waals surface area contributed by atoms with Crippen LogP contribution in [0.2, 0.25) is 0 Å². The van der Waals surface area contributed by atoms with E-state index in [9.17, 15) is 13.2 Å². The van der Waals surface area contributed by atoms with Gasteiger partial charge in [0, 0.05) is 25.6 Å². The van der Waals surface area contributed by atoms with Gasteiger partial charge < -0.3 is 19.5 Å². The molecule has 1 fully saturated rings. The average molecular weight is 356 g/mol. The van der Waals surface area contributed by atoms with Crippen molar-refractivity contribution in [2.45, 2.75) is 6.04 Å². The van der Waals surface area contributed by atoms with E-state index >= 15 is 0 Å². The molecule has 1 N–H and O–H groups in total. The lowest BCUT2D eigenvalue weighted by Gasteiger charge is -2.21. The van der Waals surface area contributed by atoms with E-state index in [1.165, 1.54) is 18.4 Å². The highest BCUT2D eigenvalue weighted by atomic mass is 32.2. The van der Waals surface area contributed by atoms with Crippen LogP contribution in [0.4, 0.5) is 0 Å². The van der Waals surface area contributed by atoms with Gasteiger partial charge in [-0.3, -0.25) is 4.79 Å². The maximum Gasteiger partial charge on any atom is 0.251 e. The summed E-state index contributed by atoms with van der Waals surface area (Å²) in [5, 5.41) is 2.85. The number of sulfonamides is 1. The predicted octanol–water partition coefficient (Wildman–Crippen LogP) is 0.0515. The molecule has 3 rings (SSSR count). The highest BCUT2D eigenvalue weighted by molar-refractivity contribution is 7.89. The molecular formula is C15H20N2O6S. The molecule has 1 aromatic rings. The van der Waals surface area contributed by atoms with Gasteiger partial charge in [0.2, 0.25) is 16.8 Å². The van der Waals surface area contributed by atoms with Crippen LogP contribution >= 0.6 is 0 Å². The van der Waals surface area contributed by atoms with Gasteiger partial charge in [0.25, 0.3) is 5.91 Å². The topological polar surface area (TPSA) is 94.2 Å². The van der Waals surface area contributed by atoms with E-state index in [1.807, 2.05) is 0 Å². The van der Waals surface area contributed by atoms with Crippen LogP contribution in [0.5, 0.6) is 11.5 Å². The van der Waals surface area contributed by atoms with Crippen molar-refractivity contribution in [3.05, 3.63) is 23.8 Å². The van der Waals surface area contributed by atoms with Crippen LogP contribution in [0.1, 0.15) is 10.4 Å². The van der Waals surface area contributed by atoms with Gasteiger partial charge in [0.1, 0.15) is 0 Å². The molecule has 2 heterocycles. The first kappa shape index (κ1) is 17.0. The number of amides is 1. The molecule has 24 heavy (non-hydrogen) atoms. The first-order chi connectivity index (χ1) is 11.4. The number of hydrogen-bond donors (Lipinski definition) is 1. The molecular weight excluding hydrogens is 336 g/mol. The summed E-state index contributed by atoms with van der Waals surface area (Å²) in [7, 11) is -0.375. The van der Waals surface area contributed by atoms with Crippen molar-refractivity contribution < 1.29 is 27.4 Å². The number of carbonyl (C=O) groups is 1. The minimum atomic E-state index is -3.36. The molecule has 1 amide bonds. The molecule has 2 atom stereocenters. The highest BCUT2D eigenvalue weighted by Crippen LogP contribution is 2.32. The van der Waals surface area contributed by atoms with Crippen molar-refractivity contribution >= 4 is 15.9 Å². The Hall–Kier alpha value is -1.84. The van der Waals surface area contributed by atoms with Gasteiger partial charge >= 0.3 is 0 Å². The van der Waals surface area contributed by atoms with Crippen molar-refractivity contribution in [1.82, 2.24) is 9.62 Å². The van der Waals surface area contributed by atoms with Crippen molar-refractivity contribution in [1.29, 1.82) is 0 Å². The first-order valence-corrected chi connectivity index (χ1v) is 9.16. The smallest absolute Gasteiger partial charge is 0.251 e. The SMILES string of the molecule is CN(C)S(=O)(=O)C[C@@H]1COC[C@H]1NC(=O)c1ccc2c(c1)OCO2. The van der Waals surface area contributed by atoms with E-state index in [4.69, 9.17) is 14.2 Å². The van der Waals surface area contributed by atoms with Gasteiger partial charge in [-0.15, -0.1) is 0 Å². The first-order valence-electron chi connectivity index (χ1n) is 7.55. The molecule has 0 aromatic heterocycles. The predicted molar refractivity (Wildman–Crippen MR) is 85.6 cm³/mol. The van der Waals surface area contributed by atoms with Crippen molar-refractivity contribution in [3.63, 3.8) is 0 Å². The van der Waals surface area contributed by atoms with E-state index in [1.54, 1.807) is 18.2 Å². The van der Waals surface area contributed by atoms with Gasteiger partial charge in [-0.25, -0.2) is 12.7 Å². The van der Waals surface area contributed by atoms with Gasteiger partial charge in [-0.1, -0.05) is 0 Å². The molecule has 8 nitrogen and oxygen atoms in total. The standard InChI is InChI=1S/C15H20N2O6S/c1-17(2)24(19,20)8-11-6-21-7-12(11)16-15(18)10-3-4-13-14(5-10)23-9-22-13/h3-5,11-12H,6-9H2,1-2H3,(H,16,18)/t11-,12+/m0/s1. The van der Waals surface area contributed by atoms with Gasteiger partial charge in [0.05, 0.1) is 25.0 Å². The lowest BCUT2D eigenvalue weighted by molar-refractivity contribution is 0.0925. The highest BCUT2D eigenvalue weighted by Gasteiger charge is 2.34. The molecule has 0 spiro atoms. The number of nitrogens with one attached hydrogen (secondary N) is 1. The van der Waals surface area contributed by atoms with Crippen LogP contribution in [-0.2, 0) is 14.8 Å². The summed E-state index contributed by atoms with van der Waals surface area (Å²) in [6.07, 6.45) is 0. The Bertz CT molecular complexity index is 733. The molecule has 1 aromatic carbocycles. The van der Waals surface area contributed by atoms with E-state index in [-0.39, 0.29) is 30.4 Å². The molecule has 0 saturated carbocycles. The Morgan fingerprint density at radius 1 is 1.25 bits per heavy atom. The molecule has 1 saturated heterocycles. The van der Waals surface area contributed by atoms with E-state index in [0.717, 1.165) is 0 Å². The van der Waals surface area contributed by atoms with Crippen molar-refractivity contribution in [2.24, 2.45) is 5.92 Å². The van der Waals surface area contributed by atoms with E-state index in [0.29, 0.717) is 30.3 Å². The fourth-order valence-electron chi connectivity index (χ4n) is 2.63. The molecule has 132 valence electrons. The number of hydrogen-bond acceptors (Lipinski definition) is 6. The third-order valence-electron chi connectivity index (χ3n) is 4.13. The summed E-state index contributed by atoms with van der Waals surface area (Å²) in [4.78, 5) is 12.4. The minimum Gasteiger partial charge on any atom is -0.454 e. The van der Waals surface area contributed by atoms with E-state index < -0.39 is 10.0 Å². The molecule has 0 bridgehead atoms.